The summed E-state index contributed by atoms with van der Waals surface area (Å²) in [5.41, 5.74) is 0.798. The van der Waals surface area contributed by atoms with Crippen molar-refractivity contribution in [2.24, 2.45) is 5.92 Å². The average Bonchev–Trinajstić information content (AvgIpc) is 3.29. The second-order valence-corrected chi connectivity index (χ2v) is 10.4. The van der Waals surface area contributed by atoms with Crippen LogP contribution in [-0.2, 0) is 21.4 Å². The van der Waals surface area contributed by atoms with E-state index in [-0.39, 0.29) is 11.8 Å². The van der Waals surface area contributed by atoms with E-state index in [2.05, 4.69) is 5.32 Å². The first-order valence-corrected chi connectivity index (χ1v) is 12.4. The molecule has 1 N–H and O–H groups in total. The summed E-state index contributed by atoms with van der Waals surface area (Å²) in [6.45, 7) is 3.30. The third kappa shape index (κ3) is 5.08. The van der Waals surface area contributed by atoms with E-state index < -0.39 is 10.0 Å². The molecular formula is C20H25ClN2O5S2. The number of methoxy groups -OCH3 is 1. The lowest BCUT2D eigenvalue weighted by Gasteiger charge is -2.30. The summed E-state index contributed by atoms with van der Waals surface area (Å²) in [4.78, 5) is 12.6. The van der Waals surface area contributed by atoms with Crippen molar-refractivity contribution in [1.29, 1.82) is 0 Å². The van der Waals surface area contributed by atoms with E-state index >= 15 is 0 Å². The number of benzene rings is 1. The normalized spacial score (nSPS) is 15.7. The van der Waals surface area contributed by atoms with Gasteiger partial charge in [0, 0.05) is 25.6 Å². The number of hydrogen-bond donors (Lipinski definition) is 1. The van der Waals surface area contributed by atoms with Crippen molar-refractivity contribution in [3.63, 3.8) is 0 Å². The largest absolute Gasteiger partial charge is 0.493 e. The van der Waals surface area contributed by atoms with Crippen LogP contribution in [-0.4, -0.2) is 45.4 Å². The number of amides is 1. The van der Waals surface area contributed by atoms with Crippen LogP contribution >= 0.6 is 22.9 Å². The Kier molecular flexibility index (Phi) is 7.62. The number of sulfonamides is 1. The van der Waals surface area contributed by atoms with Crippen LogP contribution in [0.5, 0.6) is 11.5 Å². The van der Waals surface area contributed by atoms with Crippen molar-refractivity contribution in [3.8, 4) is 11.5 Å². The van der Waals surface area contributed by atoms with Gasteiger partial charge in [0.15, 0.2) is 11.5 Å². The fourth-order valence-corrected chi connectivity index (χ4v) is 6.29. The summed E-state index contributed by atoms with van der Waals surface area (Å²) in [6, 6.07) is 6.86. The maximum atomic E-state index is 12.6. The van der Waals surface area contributed by atoms with Crippen LogP contribution in [0.1, 0.15) is 25.3 Å². The van der Waals surface area contributed by atoms with Gasteiger partial charge in [0.05, 0.1) is 18.7 Å². The first kappa shape index (κ1) is 22.9. The zero-order valence-electron chi connectivity index (χ0n) is 16.9. The van der Waals surface area contributed by atoms with Crippen LogP contribution in [0.4, 0.5) is 0 Å². The predicted molar refractivity (Wildman–Crippen MR) is 117 cm³/mol. The van der Waals surface area contributed by atoms with E-state index in [9.17, 15) is 13.2 Å². The summed E-state index contributed by atoms with van der Waals surface area (Å²) in [6.07, 6.45) is 0.980. The molecule has 0 spiro atoms. The standard InChI is InChI=1S/C20H25ClN2O5S2/c1-3-28-19-16(21)11-14(12-17(19)27-2)13-22-20(24)15-6-8-23(9-7-15)30(25,26)18-5-4-10-29-18/h4-5,10-12,15H,3,6-9,13H2,1-2H3,(H,22,24). The van der Waals surface area contributed by atoms with Gasteiger partial charge in [-0.15, -0.1) is 11.3 Å². The summed E-state index contributed by atoms with van der Waals surface area (Å²) in [5.74, 6) is 0.684. The number of carbonyl (C=O) groups excluding carboxylic acids is 1. The van der Waals surface area contributed by atoms with Crippen molar-refractivity contribution in [2.75, 3.05) is 26.8 Å². The molecule has 30 heavy (non-hydrogen) atoms. The van der Waals surface area contributed by atoms with Gasteiger partial charge in [-0.25, -0.2) is 8.42 Å². The van der Waals surface area contributed by atoms with Crippen molar-refractivity contribution in [3.05, 3.63) is 40.2 Å². The lowest BCUT2D eigenvalue weighted by atomic mass is 9.97. The Labute approximate surface area is 186 Å². The fourth-order valence-electron chi connectivity index (χ4n) is 3.39. The van der Waals surface area contributed by atoms with Crippen molar-refractivity contribution in [1.82, 2.24) is 9.62 Å². The van der Waals surface area contributed by atoms with E-state index in [0.717, 1.165) is 5.56 Å². The Balaban J connectivity index is 1.56. The number of hydrogen-bond acceptors (Lipinski definition) is 6. The monoisotopic (exact) mass is 472 g/mol. The minimum absolute atomic E-state index is 0.0906. The molecule has 0 unspecified atom stereocenters. The van der Waals surface area contributed by atoms with Gasteiger partial charge in [0.1, 0.15) is 4.21 Å². The Bertz CT molecular complexity index is 971. The molecule has 1 aromatic heterocycles. The summed E-state index contributed by atoms with van der Waals surface area (Å²) >= 11 is 7.48. The van der Waals surface area contributed by atoms with Gasteiger partial charge in [-0.3, -0.25) is 4.79 Å². The van der Waals surface area contributed by atoms with Gasteiger partial charge < -0.3 is 14.8 Å². The second-order valence-electron chi connectivity index (χ2n) is 6.87. The topological polar surface area (TPSA) is 84.9 Å². The van der Waals surface area contributed by atoms with Crippen LogP contribution in [0.2, 0.25) is 5.02 Å². The van der Waals surface area contributed by atoms with Gasteiger partial charge in [-0.05, 0) is 48.9 Å². The van der Waals surface area contributed by atoms with Gasteiger partial charge in [0.2, 0.25) is 5.91 Å². The Hall–Kier alpha value is -1.81. The number of ether oxygens (including phenoxy) is 2. The number of rotatable bonds is 8. The first-order valence-electron chi connectivity index (χ1n) is 9.67. The zero-order chi connectivity index (χ0) is 21.7. The maximum Gasteiger partial charge on any atom is 0.252 e. The number of piperidine rings is 1. The van der Waals surface area contributed by atoms with E-state index in [4.69, 9.17) is 21.1 Å². The SMILES string of the molecule is CCOc1c(Cl)cc(CNC(=O)C2CCN(S(=O)(=O)c3cccs3)CC2)cc1OC. The first-order chi connectivity index (χ1) is 14.4. The number of thiophene rings is 1. The van der Waals surface area contributed by atoms with Crippen molar-refractivity contribution >= 4 is 38.9 Å². The number of nitrogens with one attached hydrogen (secondary N) is 1. The van der Waals surface area contributed by atoms with Gasteiger partial charge in [0.25, 0.3) is 10.0 Å². The van der Waals surface area contributed by atoms with Crippen LogP contribution in [0.15, 0.2) is 33.9 Å². The minimum Gasteiger partial charge on any atom is -0.493 e. The molecule has 3 rings (SSSR count). The molecule has 0 aliphatic carbocycles. The van der Waals surface area contributed by atoms with E-state index in [0.29, 0.717) is 59.8 Å². The van der Waals surface area contributed by atoms with Crippen LogP contribution in [0.25, 0.3) is 0 Å². The molecule has 0 bridgehead atoms. The molecule has 1 saturated heterocycles. The third-order valence-corrected chi connectivity index (χ3v) is 8.51. The Morgan fingerprint density at radius 2 is 2.07 bits per heavy atom. The van der Waals surface area contributed by atoms with Crippen LogP contribution in [0, 0.1) is 5.92 Å². The number of nitrogens with zero attached hydrogens (tertiary/aromatic N) is 1. The Morgan fingerprint density at radius 1 is 1.33 bits per heavy atom. The predicted octanol–water partition coefficient (Wildman–Crippen LogP) is 3.53. The van der Waals surface area contributed by atoms with Gasteiger partial charge in [-0.1, -0.05) is 17.7 Å². The highest BCUT2D eigenvalue weighted by atomic mass is 35.5. The molecule has 10 heteroatoms. The van der Waals surface area contributed by atoms with Crippen molar-refractivity contribution < 1.29 is 22.7 Å². The fraction of sp³-hybridized carbons (Fsp3) is 0.450. The lowest BCUT2D eigenvalue weighted by Crippen LogP contribution is -2.42. The molecule has 1 aliphatic rings. The van der Waals surface area contributed by atoms with E-state index in [1.165, 1.54) is 22.8 Å². The molecule has 2 aromatic rings. The summed E-state index contributed by atoms with van der Waals surface area (Å²) in [7, 11) is -1.93. The molecule has 1 fully saturated rings. The molecular weight excluding hydrogens is 448 g/mol. The van der Waals surface area contributed by atoms with Crippen LogP contribution < -0.4 is 14.8 Å². The average molecular weight is 473 g/mol. The number of halogens is 1. The number of carbonyl (C=O) groups is 1. The molecule has 1 amide bonds. The van der Waals surface area contributed by atoms with Gasteiger partial charge in [-0.2, -0.15) is 4.31 Å². The molecule has 164 valence electrons. The lowest BCUT2D eigenvalue weighted by molar-refractivity contribution is -0.126. The van der Waals surface area contributed by atoms with Gasteiger partial charge >= 0.3 is 0 Å². The minimum atomic E-state index is -3.46. The van der Waals surface area contributed by atoms with Crippen molar-refractivity contribution in [2.45, 2.75) is 30.5 Å². The second kappa shape index (κ2) is 10.00. The molecule has 2 heterocycles. The molecule has 1 aliphatic heterocycles. The molecule has 0 saturated carbocycles. The highest BCUT2D eigenvalue weighted by molar-refractivity contribution is 7.91. The maximum absolute atomic E-state index is 12.6. The molecule has 0 radical (unpaired) electrons. The molecule has 0 atom stereocenters. The van der Waals surface area contributed by atoms with Crippen LogP contribution in [0.3, 0.4) is 0 Å². The molecule has 7 nitrogen and oxygen atoms in total. The Morgan fingerprint density at radius 3 is 2.67 bits per heavy atom. The highest BCUT2D eigenvalue weighted by Crippen LogP contribution is 2.36. The smallest absolute Gasteiger partial charge is 0.252 e. The highest BCUT2D eigenvalue weighted by Gasteiger charge is 2.32. The van der Waals surface area contributed by atoms with E-state index in [1.807, 2.05) is 6.92 Å². The summed E-state index contributed by atoms with van der Waals surface area (Å²) < 4.78 is 37.8. The molecule has 1 aromatic carbocycles. The quantitative estimate of drug-likeness (QED) is 0.635. The van der Waals surface area contributed by atoms with E-state index in [1.54, 1.807) is 29.6 Å². The third-order valence-electron chi connectivity index (χ3n) is 4.96. The summed E-state index contributed by atoms with van der Waals surface area (Å²) in [5, 5.41) is 5.09. The zero-order valence-corrected chi connectivity index (χ0v) is 19.3.